The lowest BCUT2D eigenvalue weighted by Gasteiger charge is -2.04. The lowest BCUT2D eigenvalue weighted by molar-refractivity contribution is -0.138. The molecule has 0 aliphatic carbocycles. The molecule has 100 valence electrons. The molecule has 19 heavy (non-hydrogen) atoms. The van der Waals surface area contributed by atoms with Crippen LogP contribution in [0.5, 0.6) is 0 Å². The number of aliphatic carboxylic acids is 1. The average Bonchev–Trinajstić information content (AvgIpc) is 2.87. The first-order valence-corrected chi connectivity index (χ1v) is 7.55. The van der Waals surface area contributed by atoms with Gasteiger partial charge in [-0.15, -0.1) is 23.1 Å². The number of benzene rings is 1. The van der Waals surface area contributed by atoms with Gasteiger partial charge in [0.15, 0.2) is 5.13 Å². The highest BCUT2D eigenvalue weighted by atomic mass is 32.2. The zero-order valence-corrected chi connectivity index (χ0v) is 11.8. The summed E-state index contributed by atoms with van der Waals surface area (Å²) in [6.07, 6.45) is 2.02. The Morgan fingerprint density at radius 2 is 2.16 bits per heavy atom. The van der Waals surface area contributed by atoms with Crippen molar-refractivity contribution in [3.8, 4) is 0 Å². The topological polar surface area (TPSA) is 88.2 Å². The van der Waals surface area contributed by atoms with Gasteiger partial charge in [-0.2, -0.15) is 0 Å². The molecule has 1 aromatic carbocycles. The van der Waals surface area contributed by atoms with Gasteiger partial charge in [-0.3, -0.25) is 4.79 Å². The number of nitrogens with two attached hydrogens (primary N) is 1. The summed E-state index contributed by atoms with van der Waals surface area (Å²) in [5, 5.41) is 14.2. The summed E-state index contributed by atoms with van der Waals surface area (Å²) in [5.41, 5.74) is 6.76. The Morgan fingerprint density at radius 1 is 1.47 bits per heavy atom. The summed E-state index contributed by atoms with van der Waals surface area (Å²) >= 11 is 3.00. The molecule has 0 saturated heterocycles. The first kappa shape index (κ1) is 13.9. The first-order valence-electron chi connectivity index (χ1n) is 5.45. The second-order valence-electron chi connectivity index (χ2n) is 3.75. The largest absolute Gasteiger partial charge is 0.480 e. The summed E-state index contributed by atoms with van der Waals surface area (Å²) in [6, 6.07) is 6.83. The molecule has 1 unspecified atom stereocenters. The van der Waals surface area contributed by atoms with Crippen LogP contribution in [0, 0.1) is 0 Å². The quantitative estimate of drug-likeness (QED) is 0.735. The van der Waals surface area contributed by atoms with Gasteiger partial charge >= 0.3 is 5.97 Å². The van der Waals surface area contributed by atoms with Crippen LogP contribution in [0.2, 0.25) is 0 Å². The van der Waals surface area contributed by atoms with E-state index in [9.17, 15) is 4.79 Å². The molecule has 1 heterocycles. The second-order valence-corrected chi connectivity index (χ2v) is 5.48. The third-order valence-electron chi connectivity index (χ3n) is 2.45. The third kappa shape index (κ3) is 3.46. The number of nitrogens with zero attached hydrogens (tertiary/aromatic N) is 1. The molecule has 0 saturated carbocycles. The zero-order chi connectivity index (χ0) is 13.8. The van der Waals surface area contributed by atoms with E-state index in [-0.39, 0.29) is 0 Å². The van der Waals surface area contributed by atoms with Crippen molar-refractivity contribution in [2.75, 3.05) is 11.6 Å². The molecule has 0 spiro atoms. The molecule has 4 N–H and O–H groups in total. The van der Waals surface area contributed by atoms with Crippen LogP contribution in [0.1, 0.15) is 11.7 Å². The van der Waals surface area contributed by atoms with Crippen molar-refractivity contribution in [3.63, 3.8) is 0 Å². The fourth-order valence-electron chi connectivity index (χ4n) is 1.41. The molecular formula is C12H13N3O2S2. The van der Waals surface area contributed by atoms with Crippen LogP contribution >= 0.6 is 23.1 Å². The molecule has 1 aromatic heterocycles. The minimum atomic E-state index is -1.08. The Bertz CT molecular complexity index is 569. The van der Waals surface area contributed by atoms with Crippen LogP contribution < -0.4 is 11.1 Å². The monoisotopic (exact) mass is 295 g/mol. The van der Waals surface area contributed by atoms with Gasteiger partial charge in [-0.1, -0.05) is 0 Å². The SMILES string of the molecule is CSc1ccc(Nc2nc(C(N)C(=O)O)cs2)cc1. The number of thioether (sulfide) groups is 1. The number of hydrogen-bond donors (Lipinski definition) is 3. The Labute approximate surface area is 118 Å². The molecular weight excluding hydrogens is 282 g/mol. The number of carboxylic acids is 1. The molecule has 1 atom stereocenters. The number of hydrogen-bond acceptors (Lipinski definition) is 6. The molecule has 5 nitrogen and oxygen atoms in total. The maximum Gasteiger partial charge on any atom is 0.326 e. The van der Waals surface area contributed by atoms with Crippen LogP contribution in [0.4, 0.5) is 10.8 Å². The molecule has 0 aliphatic rings. The summed E-state index contributed by atoms with van der Waals surface area (Å²) in [5.74, 6) is -1.08. The average molecular weight is 295 g/mol. The highest BCUT2D eigenvalue weighted by molar-refractivity contribution is 7.98. The van der Waals surface area contributed by atoms with E-state index in [4.69, 9.17) is 10.8 Å². The minimum absolute atomic E-state index is 0.362. The summed E-state index contributed by atoms with van der Waals surface area (Å²) in [6.45, 7) is 0. The number of nitrogens with one attached hydrogen (secondary N) is 1. The van der Waals surface area contributed by atoms with E-state index in [0.29, 0.717) is 10.8 Å². The van der Waals surface area contributed by atoms with Crippen molar-refractivity contribution >= 4 is 39.9 Å². The lowest BCUT2D eigenvalue weighted by atomic mass is 10.2. The summed E-state index contributed by atoms with van der Waals surface area (Å²) in [4.78, 5) is 16.1. The standard InChI is InChI=1S/C12H13N3O2S2/c1-18-8-4-2-7(3-5-8)14-12-15-9(6-19-12)10(13)11(16)17/h2-6,10H,13H2,1H3,(H,14,15)(H,16,17). The number of aromatic nitrogens is 1. The van der Waals surface area contributed by atoms with Gasteiger partial charge < -0.3 is 16.2 Å². The fraction of sp³-hybridized carbons (Fsp3) is 0.167. The Hall–Kier alpha value is -1.57. The van der Waals surface area contributed by atoms with Crippen LogP contribution in [-0.4, -0.2) is 22.3 Å². The fourth-order valence-corrected chi connectivity index (χ4v) is 2.59. The highest BCUT2D eigenvalue weighted by Crippen LogP contribution is 2.25. The van der Waals surface area contributed by atoms with E-state index in [1.807, 2.05) is 30.5 Å². The molecule has 0 amide bonds. The van der Waals surface area contributed by atoms with Crippen LogP contribution in [0.3, 0.4) is 0 Å². The Balaban J connectivity index is 2.08. The number of rotatable bonds is 5. The zero-order valence-electron chi connectivity index (χ0n) is 10.2. The van der Waals surface area contributed by atoms with E-state index < -0.39 is 12.0 Å². The molecule has 0 radical (unpaired) electrons. The van der Waals surface area contributed by atoms with Crippen molar-refractivity contribution < 1.29 is 9.90 Å². The molecule has 2 aromatic rings. The molecule has 0 fully saturated rings. The number of carboxylic acid groups (broad SMARTS) is 1. The van der Waals surface area contributed by atoms with Gasteiger partial charge in [-0.25, -0.2) is 4.98 Å². The molecule has 2 rings (SSSR count). The van der Waals surface area contributed by atoms with Gasteiger partial charge in [0.05, 0.1) is 5.69 Å². The number of thiazole rings is 1. The highest BCUT2D eigenvalue weighted by Gasteiger charge is 2.17. The van der Waals surface area contributed by atoms with Crippen molar-refractivity contribution in [2.24, 2.45) is 5.73 Å². The predicted octanol–water partition coefficient (Wildman–Crippen LogP) is 2.69. The van der Waals surface area contributed by atoms with Crippen molar-refractivity contribution in [1.82, 2.24) is 4.98 Å². The van der Waals surface area contributed by atoms with Gasteiger partial charge in [0.2, 0.25) is 0 Å². The van der Waals surface area contributed by atoms with Crippen molar-refractivity contribution in [2.45, 2.75) is 10.9 Å². The molecule has 7 heteroatoms. The molecule has 0 aliphatic heterocycles. The van der Waals surface area contributed by atoms with E-state index >= 15 is 0 Å². The van der Waals surface area contributed by atoms with Gasteiger partial charge in [0.25, 0.3) is 0 Å². The van der Waals surface area contributed by atoms with Gasteiger partial charge in [0, 0.05) is 16.0 Å². The number of carbonyl (C=O) groups is 1. The lowest BCUT2D eigenvalue weighted by Crippen LogP contribution is -2.20. The normalized spacial score (nSPS) is 12.1. The minimum Gasteiger partial charge on any atom is -0.480 e. The van der Waals surface area contributed by atoms with Gasteiger partial charge in [0.1, 0.15) is 6.04 Å². The van der Waals surface area contributed by atoms with Crippen molar-refractivity contribution in [1.29, 1.82) is 0 Å². The number of anilines is 2. The van der Waals surface area contributed by atoms with E-state index in [1.54, 1.807) is 17.1 Å². The Morgan fingerprint density at radius 3 is 2.74 bits per heavy atom. The van der Waals surface area contributed by atoms with E-state index in [0.717, 1.165) is 5.69 Å². The van der Waals surface area contributed by atoms with E-state index in [2.05, 4.69) is 10.3 Å². The predicted molar refractivity (Wildman–Crippen MR) is 78.2 cm³/mol. The summed E-state index contributed by atoms with van der Waals surface area (Å²) in [7, 11) is 0. The second kappa shape index (κ2) is 6.05. The molecule has 0 bridgehead atoms. The van der Waals surface area contributed by atoms with E-state index in [1.165, 1.54) is 16.2 Å². The Kier molecular flexibility index (Phi) is 4.41. The maximum absolute atomic E-state index is 10.8. The summed E-state index contributed by atoms with van der Waals surface area (Å²) < 4.78 is 0. The van der Waals surface area contributed by atoms with Crippen molar-refractivity contribution in [3.05, 3.63) is 35.3 Å². The van der Waals surface area contributed by atoms with Crippen LogP contribution in [-0.2, 0) is 4.79 Å². The van der Waals surface area contributed by atoms with Crippen LogP contribution in [0.15, 0.2) is 34.5 Å². The van der Waals surface area contributed by atoms with Gasteiger partial charge in [-0.05, 0) is 30.5 Å². The maximum atomic E-state index is 10.8. The van der Waals surface area contributed by atoms with Crippen LogP contribution in [0.25, 0.3) is 0 Å². The smallest absolute Gasteiger partial charge is 0.326 e. The third-order valence-corrected chi connectivity index (χ3v) is 3.97. The first-order chi connectivity index (χ1) is 9.10.